The van der Waals surface area contributed by atoms with E-state index in [2.05, 4.69) is 268 Å². The molecule has 0 atom stereocenters. The van der Waals surface area contributed by atoms with E-state index in [1.807, 2.05) is 0 Å². The number of rotatable bonds is 8. The van der Waals surface area contributed by atoms with E-state index in [1.54, 1.807) is 0 Å². The van der Waals surface area contributed by atoms with Gasteiger partial charge < -0.3 is 14.2 Å². The first-order valence-electron chi connectivity index (χ1n) is 25.7. The molecule has 2 heterocycles. The number of para-hydroxylation sites is 1. The fourth-order valence-electron chi connectivity index (χ4n) is 12.3. The normalized spacial score (nSPS) is 13.2. The van der Waals surface area contributed by atoms with Gasteiger partial charge in [0, 0.05) is 61.1 Å². The van der Waals surface area contributed by atoms with E-state index in [0.717, 1.165) is 34.1 Å². The summed E-state index contributed by atoms with van der Waals surface area (Å²) in [5, 5.41) is 12.6. The van der Waals surface area contributed by atoms with Crippen molar-refractivity contribution in [3.8, 4) is 11.1 Å². The van der Waals surface area contributed by atoms with Gasteiger partial charge >= 0.3 is 0 Å². The molecule has 0 spiro atoms. The maximum absolute atomic E-state index is 2.55. The maximum atomic E-state index is 2.55. The van der Waals surface area contributed by atoms with Crippen LogP contribution >= 0.6 is 0 Å². The van der Waals surface area contributed by atoms with Crippen molar-refractivity contribution in [3.63, 3.8) is 0 Å². The van der Waals surface area contributed by atoms with E-state index in [4.69, 9.17) is 0 Å². The lowest BCUT2D eigenvalue weighted by Crippen LogP contribution is -2.16. The van der Waals surface area contributed by atoms with Crippen LogP contribution < -0.4 is 9.80 Å². The van der Waals surface area contributed by atoms with Crippen molar-refractivity contribution in [3.05, 3.63) is 235 Å². The van der Waals surface area contributed by atoms with E-state index < -0.39 is 0 Å². The third-order valence-electron chi connectivity index (χ3n) is 16.2. The van der Waals surface area contributed by atoms with Crippen molar-refractivity contribution in [1.29, 1.82) is 0 Å². The first-order valence-corrected chi connectivity index (χ1v) is 25.7. The van der Waals surface area contributed by atoms with Gasteiger partial charge in [-0.1, -0.05) is 169 Å². The third kappa shape index (κ3) is 6.36. The van der Waals surface area contributed by atoms with Crippen LogP contribution in [-0.2, 0) is 5.41 Å². The van der Waals surface area contributed by atoms with Gasteiger partial charge in [-0.25, -0.2) is 0 Å². The molecule has 346 valence electrons. The molecule has 13 aromatic rings. The van der Waals surface area contributed by atoms with Crippen molar-refractivity contribution in [1.82, 2.24) is 4.40 Å². The van der Waals surface area contributed by atoms with Crippen molar-refractivity contribution in [2.75, 3.05) is 9.80 Å². The highest BCUT2D eigenvalue weighted by Crippen LogP contribution is 2.54. The Kier molecular flexibility index (Phi) is 9.32. The summed E-state index contributed by atoms with van der Waals surface area (Å²) >= 11 is 0. The Morgan fingerprint density at radius 1 is 0.347 bits per heavy atom. The number of fused-ring (bicyclic) bond motifs is 13. The molecule has 2 aromatic heterocycles. The van der Waals surface area contributed by atoms with Gasteiger partial charge in [0.15, 0.2) is 0 Å². The Bertz CT molecular complexity index is 4300. The number of nitrogens with zero attached hydrogens (tertiary/aromatic N) is 3. The van der Waals surface area contributed by atoms with Crippen LogP contribution in [0.5, 0.6) is 0 Å². The van der Waals surface area contributed by atoms with Crippen molar-refractivity contribution < 1.29 is 0 Å². The minimum atomic E-state index is -0.214. The lowest BCUT2D eigenvalue weighted by molar-refractivity contribution is 0.661. The van der Waals surface area contributed by atoms with Gasteiger partial charge in [-0.15, -0.1) is 0 Å². The second kappa shape index (κ2) is 15.8. The molecule has 72 heavy (non-hydrogen) atoms. The zero-order chi connectivity index (χ0) is 48.6. The molecule has 3 heteroatoms. The standard InChI is InChI=1S/C69H55N3/c1-42(2)44-18-25-51(26-19-44)70(53-29-22-46-12-7-9-14-48(46)36-53)55-32-34-60-64(39-55)69(5,6)63-35-24-50-38-65-62(41-61(50)67(60)63)59-17-11-16-58-57-33-31-56(40-66(57)72(65)68(58)59)71(52-27-20-45(21-28-52)43(3)4)54-30-23-47-13-8-10-15-49(47)37-54/h7-43H,1-6H3. The number of anilines is 6. The molecule has 0 radical (unpaired) electrons. The second-order valence-electron chi connectivity index (χ2n) is 21.4. The Morgan fingerprint density at radius 3 is 1.43 bits per heavy atom. The van der Waals surface area contributed by atoms with Crippen LogP contribution in [0.4, 0.5) is 34.1 Å². The molecule has 0 fully saturated rings. The fraction of sp³-hybridized carbons (Fsp3) is 0.130. The van der Waals surface area contributed by atoms with Crippen molar-refractivity contribution in [2.45, 2.75) is 58.8 Å². The lowest BCUT2D eigenvalue weighted by Gasteiger charge is -2.28. The Labute approximate surface area is 421 Å². The Balaban J connectivity index is 0.936. The molecule has 1 aliphatic carbocycles. The molecule has 11 aromatic carbocycles. The Morgan fingerprint density at radius 2 is 0.833 bits per heavy atom. The quantitative estimate of drug-likeness (QED) is 0.150. The molecule has 0 amide bonds. The molecule has 14 rings (SSSR count). The van der Waals surface area contributed by atoms with Crippen LogP contribution in [0.25, 0.3) is 81.5 Å². The largest absolute Gasteiger partial charge is 0.310 e. The second-order valence-corrected chi connectivity index (χ2v) is 21.4. The smallest absolute Gasteiger partial charge is 0.0620 e. The van der Waals surface area contributed by atoms with Gasteiger partial charge in [0.05, 0.1) is 16.6 Å². The highest BCUT2D eigenvalue weighted by atomic mass is 15.1. The van der Waals surface area contributed by atoms with Crippen LogP contribution in [0.3, 0.4) is 0 Å². The summed E-state index contributed by atoms with van der Waals surface area (Å²) in [6.07, 6.45) is 0. The molecule has 0 saturated carbocycles. The molecular formula is C69H55N3. The van der Waals surface area contributed by atoms with E-state index in [-0.39, 0.29) is 5.41 Å². The van der Waals surface area contributed by atoms with Gasteiger partial charge in [-0.3, -0.25) is 0 Å². The third-order valence-corrected chi connectivity index (χ3v) is 16.2. The summed E-state index contributed by atoms with van der Waals surface area (Å²) in [7, 11) is 0. The monoisotopic (exact) mass is 925 g/mol. The van der Waals surface area contributed by atoms with Gasteiger partial charge in [-0.2, -0.15) is 0 Å². The minimum Gasteiger partial charge on any atom is -0.310 e. The summed E-state index contributed by atoms with van der Waals surface area (Å²) in [6.45, 7) is 13.9. The van der Waals surface area contributed by atoms with E-state index in [0.29, 0.717) is 11.8 Å². The maximum Gasteiger partial charge on any atom is 0.0620 e. The zero-order valence-electron chi connectivity index (χ0n) is 41.7. The SMILES string of the molecule is CC(C)c1ccc(N(c2ccc3c(c2)C(C)(C)c2ccc4cc5c(cc4c2-3)c2cccc3c4ccc(N(c6ccc(C(C)C)cc6)c6ccc7ccccc7c6)cc4n5c32)c2ccc3ccccc3c2)cc1. The lowest BCUT2D eigenvalue weighted by atomic mass is 9.82. The van der Waals surface area contributed by atoms with Crippen molar-refractivity contribution >= 4 is 105 Å². The first-order chi connectivity index (χ1) is 35.1. The number of aromatic nitrogens is 1. The van der Waals surface area contributed by atoms with Gasteiger partial charge in [-0.05, 0) is 162 Å². The van der Waals surface area contributed by atoms with E-state index in [9.17, 15) is 0 Å². The molecule has 0 aliphatic heterocycles. The molecule has 1 aliphatic rings. The molecule has 3 nitrogen and oxygen atoms in total. The molecular weight excluding hydrogens is 871 g/mol. The van der Waals surface area contributed by atoms with Crippen LogP contribution in [0, 0.1) is 0 Å². The average Bonchev–Trinajstić information content (AvgIpc) is 4.00. The summed E-state index contributed by atoms with van der Waals surface area (Å²) in [5.74, 6) is 0.919. The van der Waals surface area contributed by atoms with Crippen LogP contribution in [0.1, 0.15) is 75.6 Å². The molecule has 0 bridgehead atoms. The van der Waals surface area contributed by atoms with Crippen LogP contribution in [0.15, 0.2) is 212 Å². The Hall–Kier alpha value is -8.40. The number of hydrogen-bond donors (Lipinski definition) is 0. The molecule has 0 saturated heterocycles. The van der Waals surface area contributed by atoms with Gasteiger partial charge in [0.2, 0.25) is 0 Å². The van der Waals surface area contributed by atoms with E-state index in [1.165, 1.54) is 104 Å². The zero-order valence-corrected chi connectivity index (χ0v) is 41.7. The predicted molar refractivity (Wildman–Crippen MR) is 309 cm³/mol. The fourth-order valence-corrected chi connectivity index (χ4v) is 12.3. The minimum absolute atomic E-state index is 0.214. The van der Waals surface area contributed by atoms with E-state index >= 15 is 0 Å². The van der Waals surface area contributed by atoms with Crippen molar-refractivity contribution in [2.24, 2.45) is 0 Å². The highest BCUT2D eigenvalue weighted by molar-refractivity contribution is 6.25. The number of hydrogen-bond acceptors (Lipinski definition) is 2. The van der Waals surface area contributed by atoms with Gasteiger partial charge in [0.25, 0.3) is 0 Å². The summed E-state index contributed by atoms with van der Waals surface area (Å²) in [5.41, 5.74) is 18.5. The van der Waals surface area contributed by atoms with Gasteiger partial charge in [0.1, 0.15) is 0 Å². The summed E-state index contributed by atoms with van der Waals surface area (Å²) < 4.78 is 2.55. The molecule has 0 unspecified atom stereocenters. The highest BCUT2D eigenvalue weighted by Gasteiger charge is 2.37. The number of benzene rings is 11. The average molecular weight is 926 g/mol. The van der Waals surface area contributed by atoms with Crippen LogP contribution in [0.2, 0.25) is 0 Å². The van der Waals surface area contributed by atoms with Crippen LogP contribution in [-0.4, -0.2) is 4.40 Å². The predicted octanol–water partition coefficient (Wildman–Crippen LogP) is 19.8. The summed E-state index contributed by atoms with van der Waals surface area (Å²) in [6, 6.07) is 80.3. The first kappa shape index (κ1) is 42.5. The summed E-state index contributed by atoms with van der Waals surface area (Å²) in [4.78, 5) is 4.87. The topological polar surface area (TPSA) is 10.9 Å². The molecule has 0 N–H and O–H groups in total.